The Labute approximate surface area is 140 Å². The van der Waals surface area contributed by atoms with Crippen LogP contribution in [0.2, 0.25) is 0 Å². The second-order valence-electron chi connectivity index (χ2n) is 5.33. The van der Waals surface area contributed by atoms with Gasteiger partial charge in [0, 0.05) is 1.43 Å². The van der Waals surface area contributed by atoms with Crippen molar-refractivity contribution in [3.05, 3.63) is 35.9 Å². The minimum Gasteiger partial charge on any atom is -0.323 e. The molecule has 0 aromatic heterocycles. The molecule has 0 amide bonds. The summed E-state index contributed by atoms with van der Waals surface area (Å²) in [7, 11) is 3.75. The van der Waals surface area contributed by atoms with Gasteiger partial charge in [-0.1, -0.05) is 57.5 Å². The molecule has 1 aromatic carbocycles. The summed E-state index contributed by atoms with van der Waals surface area (Å²) in [4.78, 5) is 0. The first-order valence-corrected chi connectivity index (χ1v) is 7.98. The molecule has 3 N–H and O–H groups in total. The van der Waals surface area contributed by atoms with Crippen LogP contribution in [0, 0.1) is 17.8 Å². The molecule has 2 unspecified atom stereocenters. The van der Waals surface area contributed by atoms with Crippen molar-refractivity contribution >= 4 is 0 Å². The Balaban J connectivity index is -0.000000515. The number of rotatable bonds is 2. The third-order valence-electron chi connectivity index (χ3n) is 3.39. The molecule has 0 heterocycles. The number of nitrogens with two attached hydrogens (primary N) is 1. The predicted molar refractivity (Wildman–Crippen MR) is 103 cm³/mol. The van der Waals surface area contributed by atoms with Crippen LogP contribution in [-0.4, -0.2) is 19.6 Å². The number of nitrogens with one attached hydrogen (secondary N) is 1. The molecule has 1 aliphatic carbocycles. The molecule has 0 aliphatic heterocycles. The average Bonchev–Trinajstić information content (AvgIpc) is 2.84. The first-order valence-electron chi connectivity index (χ1n) is 7.98. The molecular formula is C20H38N2. The lowest BCUT2D eigenvalue weighted by Crippen LogP contribution is -2.35. The highest BCUT2D eigenvalue weighted by molar-refractivity contribution is 5.21. The molecule has 2 atom stereocenters. The molecule has 128 valence electrons. The van der Waals surface area contributed by atoms with Gasteiger partial charge in [0.1, 0.15) is 0 Å². The quantitative estimate of drug-likeness (QED) is 0.790. The number of hydrogen-bond donors (Lipinski definition) is 2. The summed E-state index contributed by atoms with van der Waals surface area (Å²) in [6.45, 7) is 5.87. The van der Waals surface area contributed by atoms with Crippen LogP contribution >= 0.6 is 0 Å². The van der Waals surface area contributed by atoms with Gasteiger partial charge in [0.25, 0.3) is 0 Å². The monoisotopic (exact) mass is 306 g/mol. The Bertz CT molecular complexity index is 422. The van der Waals surface area contributed by atoms with E-state index < -0.39 is 0 Å². The van der Waals surface area contributed by atoms with Gasteiger partial charge in [-0.05, 0) is 58.2 Å². The number of hydrogen-bond acceptors (Lipinski definition) is 2. The van der Waals surface area contributed by atoms with Crippen LogP contribution in [-0.2, 0) is 6.42 Å². The van der Waals surface area contributed by atoms with E-state index in [2.05, 4.69) is 47.5 Å². The highest BCUT2D eigenvalue weighted by Gasteiger charge is 2.33. The van der Waals surface area contributed by atoms with Crippen molar-refractivity contribution in [1.82, 2.24) is 5.32 Å². The summed E-state index contributed by atoms with van der Waals surface area (Å²) in [6, 6.07) is 10.7. The Morgan fingerprint density at radius 1 is 1.27 bits per heavy atom. The number of benzene rings is 1. The molecule has 0 radical (unpaired) electrons. The van der Waals surface area contributed by atoms with Gasteiger partial charge in [-0.2, -0.15) is 0 Å². The van der Waals surface area contributed by atoms with Gasteiger partial charge in [0.15, 0.2) is 0 Å². The maximum Gasteiger partial charge on any atom is 0.0778 e. The largest absolute Gasteiger partial charge is 0.323 e. The predicted octanol–water partition coefficient (Wildman–Crippen LogP) is 4.49. The SMILES string of the molecule is C.CC.CC#CC1(N)CCC(Cc2ccccc2)C1.CNC.[HH]. The Kier molecular flexibility index (Phi) is 14.0. The van der Waals surface area contributed by atoms with Gasteiger partial charge < -0.3 is 11.1 Å². The summed E-state index contributed by atoms with van der Waals surface area (Å²) in [5.74, 6) is 6.83. The van der Waals surface area contributed by atoms with E-state index in [0.29, 0.717) is 5.92 Å². The molecule has 0 saturated heterocycles. The van der Waals surface area contributed by atoms with Crippen molar-refractivity contribution in [3.8, 4) is 11.8 Å². The molecule has 0 spiro atoms. The van der Waals surface area contributed by atoms with Crippen LogP contribution in [0.3, 0.4) is 0 Å². The minimum absolute atomic E-state index is 0. The van der Waals surface area contributed by atoms with Gasteiger partial charge in [-0.15, -0.1) is 5.92 Å². The van der Waals surface area contributed by atoms with Crippen molar-refractivity contribution in [3.63, 3.8) is 0 Å². The summed E-state index contributed by atoms with van der Waals surface area (Å²) in [5, 5.41) is 2.75. The molecule has 2 heteroatoms. The summed E-state index contributed by atoms with van der Waals surface area (Å²) in [6.07, 6.45) is 4.44. The molecule has 2 nitrogen and oxygen atoms in total. The average molecular weight is 307 g/mol. The summed E-state index contributed by atoms with van der Waals surface area (Å²) >= 11 is 0. The summed E-state index contributed by atoms with van der Waals surface area (Å²) < 4.78 is 0. The van der Waals surface area contributed by atoms with Gasteiger partial charge >= 0.3 is 0 Å². The van der Waals surface area contributed by atoms with E-state index in [4.69, 9.17) is 5.73 Å². The fraction of sp³-hybridized carbons (Fsp3) is 0.600. The molecule has 1 aliphatic rings. The van der Waals surface area contributed by atoms with Crippen LogP contribution in [0.5, 0.6) is 0 Å². The standard InChI is InChI=1S/C15H19N.C2H7N.C2H6.CH4.H2/c1-2-9-15(16)10-8-14(12-15)11-13-6-4-3-5-7-13;1-3-2;1-2;;/h3-7,14H,8,10-12,16H2,1H3;3H,1-2H3;1-2H3;1H4;1H. The van der Waals surface area contributed by atoms with E-state index in [1.807, 2.05) is 34.9 Å². The molecule has 22 heavy (non-hydrogen) atoms. The zero-order chi connectivity index (χ0) is 16.1. The van der Waals surface area contributed by atoms with E-state index in [9.17, 15) is 0 Å². The third-order valence-corrected chi connectivity index (χ3v) is 3.39. The molecule has 1 fully saturated rings. The van der Waals surface area contributed by atoms with Gasteiger partial charge in [0.05, 0.1) is 5.54 Å². The van der Waals surface area contributed by atoms with Crippen LogP contribution in [0.4, 0.5) is 0 Å². The topological polar surface area (TPSA) is 38.0 Å². The normalized spacial score (nSPS) is 21.8. The van der Waals surface area contributed by atoms with Crippen molar-refractivity contribution in [2.24, 2.45) is 11.7 Å². The summed E-state index contributed by atoms with van der Waals surface area (Å²) in [5.41, 5.74) is 7.44. The third kappa shape index (κ3) is 8.87. The first kappa shape index (κ1) is 23.0. The van der Waals surface area contributed by atoms with E-state index in [1.165, 1.54) is 12.0 Å². The maximum atomic E-state index is 6.24. The minimum atomic E-state index is -0.214. The van der Waals surface area contributed by atoms with Crippen LogP contribution in [0.1, 0.15) is 54.5 Å². The Morgan fingerprint density at radius 3 is 2.32 bits per heavy atom. The molecular weight excluding hydrogens is 268 g/mol. The van der Waals surface area contributed by atoms with Crippen molar-refractivity contribution in [2.75, 3.05) is 14.1 Å². The smallest absolute Gasteiger partial charge is 0.0778 e. The Morgan fingerprint density at radius 2 is 1.82 bits per heavy atom. The highest BCUT2D eigenvalue weighted by atomic mass is 14.7. The zero-order valence-electron chi connectivity index (χ0n) is 14.4. The first-order chi connectivity index (χ1) is 10.1. The lowest BCUT2D eigenvalue weighted by molar-refractivity contribution is 0.500. The van der Waals surface area contributed by atoms with Gasteiger partial charge in [0.2, 0.25) is 0 Å². The molecule has 0 bridgehead atoms. The van der Waals surface area contributed by atoms with Crippen molar-refractivity contribution < 1.29 is 1.43 Å². The highest BCUT2D eigenvalue weighted by Crippen LogP contribution is 2.34. The second-order valence-corrected chi connectivity index (χ2v) is 5.33. The molecule has 1 saturated carbocycles. The molecule has 2 rings (SSSR count). The van der Waals surface area contributed by atoms with Crippen LogP contribution < -0.4 is 11.1 Å². The van der Waals surface area contributed by atoms with Crippen molar-refractivity contribution in [2.45, 2.75) is 59.4 Å². The second kappa shape index (κ2) is 13.4. The van der Waals surface area contributed by atoms with Crippen molar-refractivity contribution in [1.29, 1.82) is 0 Å². The lowest BCUT2D eigenvalue weighted by Gasteiger charge is -2.16. The fourth-order valence-electron chi connectivity index (χ4n) is 2.67. The van der Waals surface area contributed by atoms with E-state index in [-0.39, 0.29) is 14.4 Å². The van der Waals surface area contributed by atoms with E-state index in [0.717, 1.165) is 19.3 Å². The zero-order valence-corrected chi connectivity index (χ0v) is 14.4. The van der Waals surface area contributed by atoms with E-state index >= 15 is 0 Å². The lowest BCUT2D eigenvalue weighted by atomic mass is 9.94. The van der Waals surface area contributed by atoms with Crippen LogP contribution in [0.25, 0.3) is 0 Å². The van der Waals surface area contributed by atoms with Gasteiger partial charge in [-0.3, -0.25) is 0 Å². The van der Waals surface area contributed by atoms with Crippen LogP contribution in [0.15, 0.2) is 30.3 Å². The van der Waals surface area contributed by atoms with E-state index in [1.54, 1.807) is 0 Å². The van der Waals surface area contributed by atoms with Gasteiger partial charge in [-0.25, -0.2) is 0 Å². The maximum absolute atomic E-state index is 6.24. The molecule has 1 aromatic rings. The fourth-order valence-corrected chi connectivity index (χ4v) is 2.67. The Hall–Kier alpha value is -1.30.